The number of nitrogens with zero attached hydrogens (tertiary/aromatic N) is 2. The zero-order valence-corrected chi connectivity index (χ0v) is 21.4. The van der Waals surface area contributed by atoms with Crippen LogP contribution in [0.2, 0.25) is 0 Å². The molecule has 0 bridgehead atoms. The topological polar surface area (TPSA) is 103 Å². The largest absolute Gasteiger partial charge is 0.465 e. The van der Waals surface area contributed by atoms with Crippen LogP contribution in [0.15, 0.2) is 48.5 Å². The smallest absolute Gasteiger partial charge is 0.323 e. The summed E-state index contributed by atoms with van der Waals surface area (Å²) < 4.78 is 5.01. The van der Waals surface area contributed by atoms with Gasteiger partial charge >= 0.3 is 12.0 Å². The Kier molecular flexibility index (Phi) is 10.3. The molecule has 1 fully saturated rings. The summed E-state index contributed by atoms with van der Waals surface area (Å²) in [6.45, 7) is 11.0. The number of piperazine rings is 1. The first kappa shape index (κ1) is 27.2. The summed E-state index contributed by atoms with van der Waals surface area (Å²) in [5.41, 5.74) is 3.28. The number of hydrogen-bond acceptors (Lipinski definition) is 6. The fraction of sp³-hybridized carbons (Fsp3) is 0.444. The van der Waals surface area contributed by atoms with Crippen molar-refractivity contribution in [3.63, 3.8) is 0 Å². The zero-order chi connectivity index (χ0) is 25.9. The third-order valence-corrected chi connectivity index (χ3v) is 6.31. The van der Waals surface area contributed by atoms with Gasteiger partial charge in [0.05, 0.1) is 19.1 Å². The molecule has 0 spiro atoms. The Labute approximate surface area is 213 Å². The number of para-hydroxylation sites is 1. The van der Waals surface area contributed by atoms with Gasteiger partial charge in [-0.3, -0.25) is 19.4 Å². The number of carbonyl (C=O) groups is 3. The van der Waals surface area contributed by atoms with Gasteiger partial charge in [0.1, 0.15) is 0 Å². The second-order valence-electron chi connectivity index (χ2n) is 8.95. The summed E-state index contributed by atoms with van der Waals surface area (Å²) in [5, 5.41) is 8.68. The van der Waals surface area contributed by atoms with Crippen LogP contribution < -0.4 is 16.0 Å². The van der Waals surface area contributed by atoms with Crippen LogP contribution in [-0.4, -0.2) is 80.1 Å². The Hall–Kier alpha value is -3.43. The van der Waals surface area contributed by atoms with Crippen LogP contribution in [-0.2, 0) is 14.3 Å². The van der Waals surface area contributed by atoms with E-state index in [2.05, 4.69) is 25.8 Å². The Balaban J connectivity index is 1.37. The lowest BCUT2D eigenvalue weighted by atomic mass is 10.00. The van der Waals surface area contributed by atoms with E-state index < -0.39 is 0 Å². The molecule has 0 aliphatic carbocycles. The van der Waals surface area contributed by atoms with Gasteiger partial charge in [0.25, 0.3) is 0 Å². The molecule has 3 rings (SSSR count). The van der Waals surface area contributed by atoms with Crippen molar-refractivity contribution in [2.45, 2.75) is 26.7 Å². The van der Waals surface area contributed by atoms with E-state index in [9.17, 15) is 14.4 Å². The van der Waals surface area contributed by atoms with Crippen molar-refractivity contribution < 1.29 is 19.1 Å². The fourth-order valence-corrected chi connectivity index (χ4v) is 4.05. The molecule has 3 amide bonds. The molecule has 0 radical (unpaired) electrons. The van der Waals surface area contributed by atoms with E-state index in [1.54, 1.807) is 12.1 Å². The summed E-state index contributed by atoms with van der Waals surface area (Å²) >= 11 is 0. The summed E-state index contributed by atoms with van der Waals surface area (Å²) in [6, 6.07) is 14.6. The fourth-order valence-electron chi connectivity index (χ4n) is 4.05. The van der Waals surface area contributed by atoms with E-state index in [-0.39, 0.29) is 23.8 Å². The van der Waals surface area contributed by atoms with Crippen molar-refractivity contribution in [3.8, 4) is 0 Å². The van der Waals surface area contributed by atoms with Crippen molar-refractivity contribution in [1.29, 1.82) is 0 Å². The minimum atomic E-state index is -0.315. The van der Waals surface area contributed by atoms with Crippen LogP contribution in [0.4, 0.5) is 16.2 Å². The molecule has 36 heavy (non-hydrogen) atoms. The second-order valence-corrected chi connectivity index (χ2v) is 8.95. The number of rotatable bonds is 10. The molecular weight excluding hydrogens is 458 g/mol. The van der Waals surface area contributed by atoms with E-state index >= 15 is 0 Å². The average Bonchev–Trinajstić information content (AvgIpc) is 2.86. The maximum Gasteiger partial charge on any atom is 0.323 e. The highest BCUT2D eigenvalue weighted by molar-refractivity contribution is 6.00. The van der Waals surface area contributed by atoms with Crippen molar-refractivity contribution >= 4 is 29.3 Å². The lowest BCUT2D eigenvalue weighted by Gasteiger charge is -2.34. The number of carbonyl (C=O) groups excluding carboxylic acids is 3. The van der Waals surface area contributed by atoms with Crippen LogP contribution in [0.1, 0.15) is 30.9 Å². The number of nitrogens with one attached hydrogen (secondary N) is 3. The van der Waals surface area contributed by atoms with Crippen molar-refractivity contribution in [3.05, 3.63) is 59.7 Å². The number of anilines is 2. The number of benzene rings is 2. The van der Waals surface area contributed by atoms with E-state index in [1.807, 2.05) is 57.2 Å². The average molecular weight is 496 g/mol. The van der Waals surface area contributed by atoms with Crippen LogP contribution >= 0.6 is 0 Å². The van der Waals surface area contributed by atoms with E-state index in [0.717, 1.165) is 49.5 Å². The van der Waals surface area contributed by atoms with Gasteiger partial charge < -0.3 is 20.7 Å². The van der Waals surface area contributed by atoms with Crippen LogP contribution in [0.5, 0.6) is 0 Å². The second kappa shape index (κ2) is 13.6. The van der Waals surface area contributed by atoms with Gasteiger partial charge in [-0.25, -0.2) is 4.79 Å². The highest BCUT2D eigenvalue weighted by Gasteiger charge is 2.20. The van der Waals surface area contributed by atoms with Crippen LogP contribution in [0.3, 0.4) is 0 Å². The first-order chi connectivity index (χ1) is 17.4. The number of amides is 3. The van der Waals surface area contributed by atoms with E-state index in [1.165, 1.54) is 0 Å². The predicted octanol–water partition coefficient (Wildman–Crippen LogP) is 3.04. The highest BCUT2D eigenvalue weighted by Crippen LogP contribution is 2.19. The standard InChI is InChI=1S/C27H37N5O4/c1-4-36-25(33)19-32-17-15-31(16-18-32)14-13-28-26(34)21(3)22-9-11-23(12-10-22)29-27(35)30-24-8-6-5-7-20(24)2/h5-12,21H,4,13-19H2,1-3H3,(H,28,34)(H2,29,30,35). The molecule has 1 aliphatic rings. The van der Waals surface area contributed by atoms with Crippen LogP contribution in [0, 0.1) is 6.92 Å². The quantitative estimate of drug-likeness (QED) is 0.438. The Morgan fingerprint density at radius 3 is 2.28 bits per heavy atom. The zero-order valence-electron chi connectivity index (χ0n) is 21.4. The number of ether oxygens (including phenoxy) is 1. The first-order valence-electron chi connectivity index (χ1n) is 12.5. The maximum absolute atomic E-state index is 12.6. The Morgan fingerprint density at radius 1 is 0.944 bits per heavy atom. The minimum absolute atomic E-state index is 0.0334. The minimum Gasteiger partial charge on any atom is -0.465 e. The first-order valence-corrected chi connectivity index (χ1v) is 12.5. The number of esters is 1. The molecule has 1 aliphatic heterocycles. The molecule has 2 aromatic carbocycles. The molecule has 2 aromatic rings. The molecule has 3 N–H and O–H groups in total. The maximum atomic E-state index is 12.6. The molecule has 9 nitrogen and oxygen atoms in total. The van der Waals surface area contributed by atoms with Gasteiger partial charge in [-0.1, -0.05) is 30.3 Å². The SMILES string of the molecule is CCOC(=O)CN1CCN(CCNC(=O)C(C)c2ccc(NC(=O)Nc3ccccc3C)cc2)CC1. The molecular formula is C27H37N5O4. The van der Waals surface area contributed by atoms with Gasteiger partial charge in [0, 0.05) is 50.6 Å². The van der Waals surface area contributed by atoms with Crippen molar-refractivity contribution in [2.24, 2.45) is 0 Å². The summed E-state index contributed by atoms with van der Waals surface area (Å²) in [7, 11) is 0. The Morgan fingerprint density at radius 2 is 1.61 bits per heavy atom. The summed E-state index contributed by atoms with van der Waals surface area (Å²) in [4.78, 5) is 40.9. The monoisotopic (exact) mass is 495 g/mol. The molecule has 1 saturated heterocycles. The molecule has 194 valence electrons. The lowest BCUT2D eigenvalue weighted by molar-refractivity contribution is -0.144. The van der Waals surface area contributed by atoms with Gasteiger partial charge in [0.15, 0.2) is 0 Å². The number of aryl methyl sites for hydroxylation is 1. The van der Waals surface area contributed by atoms with Crippen molar-refractivity contribution in [2.75, 3.05) is 63.1 Å². The van der Waals surface area contributed by atoms with Gasteiger partial charge in [-0.15, -0.1) is 0 Å². The summed E-state index contributed by atoms with van der Waals surface area (Å²) in [6.07, 6.45) is 0. The van der Waals surface area contributed by atoms with Crippen molar-refractivity contribution in [1.82, 2.24) is 15.1 Å². The number of urea groups is 1. The molecule has 0 aromatic heterocycles. The van der Waals surface area contributed by atoms with Gasteiger partial charge in [0.2, 0.25) is 5.91 Å². The van der Waals surface area contributed by atoms with Gasteiger partial charge in [-0.2, -0.15) is 0 Å². The molecule has 9 heteroatoms. The molecule has 1 unspecified atom stereocenters. The molecule has 1 heterocycles. The predicted molar refractivity (Wildman–Crippen MR) is 141 cm³/mol. The lowest BCUT2D eigenvalue weighted by Crippen LogP contribution is -2.49. The Bertz CT molecular complexity index is 1020. The normalized spacial score (nSPS) is 15.1. The number of hydrogen-bond donors (Lipinski definition) is 3. The molecule has 1 atom stereocenters. The third kappa shape index (κ3) is 8.35. The van der Waals surface area contributed by atoms with Crippen LogP contribution in [0.25, 0.3) is 0 Å². The molecule has 0 saturated carbocycles. The van der Waals surface area contributed by atoms with E-state index in [4.69, 9.17) is 4.74 Å². The third-order valence-electron chi connectivity index (χ3n) is 6.31. The van der Waals surface area contributed by atoms with E-state index in [0.29, 0.717) is 25.4 Å². The highest BCUT2D eigenvalue weighted by atomic mass is 16.5. The summed E-state index contributed by atoms with van der Waals surface area (Å²) in [5.74, 6) is -0.517. The van der Waals surface area contributed by atoms with Gasteiger partial charge in [-0.05, 0) is 50.1 Å².